The van der Waals surface area contributed by atoms with Gasteiger partial charge in [-0.2, -0.15) is 18.3 Å². The SMILES string of the molecule is Cc1c(C(C)Nc2nnc(C)c3cc(F)c(N4CCOCC4)cc23)cccc1C(F)(F)F. The summed E-state index contributed by atoms with van der Waals surface area (Å²) in [6.07, 6.45) is -4.43. The van der Waals surface area contributed by atoms with Crippen LogP contribution in [0, 0.1) is 19.7 Å². The minimum Gasteiger partial charge on any atom is -0.378 e. The van der Waals surface area contributed by atoms with Gasteiger partial charge in [0.05, 0.1) is 36.2 Å². The fourth-order valence-corrected chi connectivity index (χ4v) is 4.16. The van der Waals surface area contributed by atoms with Gasteiger partial charge in [-0.1, -0.05) is 12.1 Å². The lowest BCUT2D eigenvalue weighted by Crippen LogP contribution is -2.36. The Balaban J connectivity index is 1.74. The Kier molecular flexibility index (Phi) is 5.94. The zero-order valence-corrected chi connectivity index (χ0v) is 18.1. The van der Waals surface area contributed by atoms with Gasteiger partial charge in [-0.05, 0) is 50.1 Å². The van der Waals surface area contributed by atoms with E-state index < -0.39 is 17.8 Å². The summed E-state index contributed by atoms with van der Waals surface area (Å²) >= 11 is 0. The molecule has 0 radical (unpaired) electrons. The van der Waals surface area contributed by atoms with Gasteiger partial charge in [0.1, 0.15) is 5.82 Å². The van der Waals surface area contributed by atoms with E-state index >= 15 is 0 Å². The second kappa shape index (κ2) is 8.54. The molecule has 0 spiro atoms. The third-order valence-electron chi connectivity index (χ3n) is 5.88. The van der Waals surface area contributed by atoms with Crippen LogP contribution in [0.2, 0.25) is 0 Å². The summed E-state index contributed by atoms with van der Waals surface area (Å²) in [5, 5.41) is 12.8. The number of anilines is 2. The molecule has 1 fully saturated rings. The predicted octanol–water partition coefficient (Wildman–Crippen LogP) is 5.41. The summed E-state index contributed by atoms with van der Waals surface area (Å²) in [5.41, 5.74) is 1.01. The van der Waals surface area contributed by atoms with Crippen molar-refractivity contribution >= 4 is 22.3 Å². The first-order chi connectivity index (χ1) is 15.2. The van der Waals surface area contributed by atoms with E-state index in [0.717, 1.165) is 6.07 Å². The van der Waals surface area contributed by atoms with Crippen LogP contribution in [0.15, 0.2) is 30.3 Å². The zero-order chi connectivity index (χ0) is 23.0. The maximum absolute atomic E-state index is 14.9. The quantitative estimate of drug-likeness (QED) is 0.541. The summed E-state index contributed by atoms with van der Waals surface area (Å²) in [6, 6.07) is 6.82. The van der Waals surface area contributed by atoms with Crippen molar-refractivity contribution in [3.63, 3.8) is 0 Å². The third-order valence-corrected chi connectivity index (χ3v) is 5.88. The average Bonchev–Trinajstić information content (AvgIpc) is 2.75. The molecule has 1 N–H and O–H groups in total. The molecule has 1 aliphatic rings. The van der Waals surface area contributed by atoms with Crippen molar-refractivity contribution in [2.75, 3.05) is 36.5 Å². The van der Waals surface area contributed by atoms with E-state index in [1.165, 1.54) is 19.1 Å². The summed E-state index contributed by atoms with van der Waals surface area (Å²) in [5.74, 6) is 0.0349. The number of benzene rings is 2. The first kappa shape index (κ1) is 22.3. The zero-order valence-electron chi connectivity index (χ0n) is 18.1. The van der Waals surface area contributed by atoms with Gasteiger partial charge in [0.25, 0.3) is 0 Å². The topological polar surface area (TPSA) is 50.3 Å². The largest absolute Gasteiger partial charge is 0.416 e. The molecule has 170 valence electrons. The molecule has 2 heterocycles. The van der Waals surface area contributed by atoms with Crippen LogP contribution in [0.3, 0.4) is 0 Å². The molecule has 0 saturated carbocycles. The number of rotatable bonds is 4. The molecule has 1 aliphatic heterocycles. The van der Waals surface area contributed by atoms with E-state index in [1.807, 2.05) is 4.90 Å². The van der Waals surface area contributed by atoms with Gasteiger partial charge in [0, 0.05) is 23.9 Å². The first-order valence-corrected chi connectivity index (χ1v) is 10.4. The van der Waals surface area contributed by atoms with Crippen LogP contribution in [0.5, 0.6) is 0 Å². The molecule has 3 aromatic rings. The van der Waals surface area contributed by atoms with E-state index in [-0.39, 0.29) is 11.4 Å². The maximum Gasteiger partial charge on any atom is 0.416 e. The lowest BCUT2D eigenvalue weighted by atomic mass is 9.97. The number of fused-ring (bicyclic) bond motifs is 1. The molecule has 0 bridgehead atoms. The second-order valence-electron chi connectivity index (χ2n) is 7.97. The molecule has 1 aromatic heterocycles. The highest BCUT2D eigenvalue weighted by atomic mass is 19.4. The first-order valence-electron chi connectivity index (χ1n) is 10.4. The Bertz CT molecular complexity index is 1140. The number of hydrogen-bond acceptors (Lipinski definition) is 5. The second-order valence-corrected chi connectivity index (χ2v) is 7.97. The van der Waals surface area contributed by atoms with Crippen molar-refractivity contribution in [3.05, 3.63) is 58.5 Å². The highest BCUT2D eigenvalue weighted by Gasteiger charge is 2.33. The predicted molar refractivity (Wildman–Crippen MR) is 115 cm³/mol. The van der Waals surface area contributed by atoms with E-state index in [2.05, 4.69) is 15.5 Å². The number of hydrogen-bond donors (Lipinski definition) is 1. The molecular formula is C23H24F4N4O. The fraction of sp³-hybridized carbons (Fsp3) is 0.391. The number of aryl methyl sites for hydroxylation is 1. The minimum absolute atomic E-state index is 0.157. The van der Waals surface area contributed by atoms with Crippen molar-refractivity contribution < 1.29 is 22.3 Å². The smallest absolute Gasteiger partial charge is 0.378 e. The van der Waals surface area contributed by atoms with Crippen LogP contribution in [-0.4, -0.2) is 36.5 Å². The van der Waals surface area contributed by atoms with E-state index in [4.69, 9.17) is 4.74 Å². The Labute approximate surface area is 183 Å². The van der Waals surface area contributed by atoms with E-state index in [1.54, 1.807) is 26.0 Å². The number of aromatic nitrogens is 2. The van der Waals surface area contributed by atoms with Crippen LogP contribution in [-0.2, 0) is 10.9 Å². The average molecular weight is 448 g/mol. The number of nitrogens with zero attached hydrogens (tertiary/aromatic N) is 3. The number of morpholine rings is 1. The van der Waals surface area contributed by atoms with Crippen LogP contribution >= 0.6 is 0 Å². The fourth-order valence-electron chi connectivity index (χ4n) is 4.16. The lowest BCUT2D eigenvalue weighted by molar-refractivity contribution is -0.138. The molecule has 2 aromatic carbocycles. The molecule has 4 rings (SSSR count). The van der Waals surface area contributed by atoms with Crippen molar-refractivity contribution in [2.24, 2.45) is 0 Å². The molecule has 0 amide bonds. The van der Waals surface area contributed by atoms with Gasteiger partial charge < -0.3 is 15.0 Å². The minimum atomic E-state index is -4.43. The Morgan fingerprint density at radius 1 is 1.06 bits per heavy atom. The van der Waals surface area contributed by atoms with Crippen LogP contribution in [0.25, 0.3) is 10.8 Å². The van der Waals surface area contributed by atoms with Crippen molar-refractivity contribution in [1.82, 2.24) is 10.2 Å². The molecule has 1 saturated heterocycles. The van der Waals surface area contributed by atoms with Crippen molar-refractivity contribution in [1.29, 1.82) is 0 Å². The molecule has 5 nitrogen and oxygen atoms in total. The van der Waals surface area contributed by atoms with Gasteiger partial charge in [0.2, 0.25) is 0 Å². The Morgan fingerprint density at radius 2 is 1.78 bits per heavy atom. The molecular weight excluding hydrogens is 424 g/mol. The van der Waals surface area contributed by atoms with E-state index in [0.29, 0.717) is 59.8 Å². The highest BCUT2D eigenvalue weighted by molar-refractivity contribution is 5.95. The van der Waals surface area contributed by atoms with Gasteiger partial charge in [0.15, 0.2) is 5.82 Å². The summed E-state index contributed by atoms with van der Waals surface area (Å²) < 4.78 is 60.3. The van der Waals surface area contributed by atoms with Crippen LogP contribution < -0.4 is 10.2 Å². The van der Waals surface area contributed by atoms with Gasteiger partial charge in [-0.3, -0.25) is 0 Å². The van der Waals surface area contributed by atoms with Crippen molar-refractivity contribution in [3.8, 4) is 0 Å². The molecule has 9 heteroatoms. The summed E-state index contributed by atoms with van der Waals surface area (Å²) in [6.45, 7) is 7.14. The molecule has 0 aliphatic carbocycles. The summed E-state index contributed by atoms with van der Waals surface area (Å²) in [4.78, 5) is 1.91. The van der Waals surface area contributed by atoms with E-state index in [9.17, 15) is 17.6 Å². The van der Waals surface area contributed by atoms with Gasteiger partial charge in [-0.15, -0.1) is 5.10 Å². The normalized spacial score (nSPS) is 15.8. The maximum atomic E-state index is 14.9. The Morgan fingerprint density at radius 3 is 2.47 bits per heavy atom. The molecule has 1 unspecified atom stereocenters. The molecule has 1 atom stereocenters. The van der Waals surface area contributed by atoms with Crippen LogP contribution in [0.1, 0.15) is 35.3 Å². The summed E-state index contributed by atoms with van der Waals surface area (Å²) in [7, 11) is 0. The third kappa shape index (κ3) is 4.21. The lowest BCUT2D eigenvalue weighted by Gasteiger charge is -2.29. The standard InChI is InChI=1S/C23H24F4N4O/c1-13-16(5-4-6-19(13)23(25,26)27)14(2)28-22-18-12-21(31-7-9-32-10-8-31)20(24)11-17(18)15(3)29-30-22/h4-6,11-12,14H,7-10H2,1-3H3,(H,28,30). The number of alkyl halides is 3. The van der Waals surface area contributed by atoms with Crippen LogP contribution in [0.4, 0.5) is 29.1 Å². The van der Waals surface area contributed by atoms with Crippen molar-refractivity contribution in [2.45, 2.75) is 33.0 Å². The molecule has 32 heavy (non-hydrogen) atoms. The number of ether oxygens (including phenoxy) is 1. The Hall–Kier alpha value is -2.94. The number of nitrogens with one attached hydrogen (secondary N) is 1. The highest BCUT2D eigenvalue weighted by Crippen LogP contribution is 2.36. The van der Waals surface area contributed by atoms with Gasteiger partial charge >= 0.3 is 6.18 Å². The number of halogens is 4. The van der Waals surface area contributed by atoms with Gasteiger partial charge in [-0.25, -0.2) is 4.39 Å². The monoisotopic (exact) mass is 448 g/mol.